The minimum absolute atomic E-state index is 0.0948. The molecule has 0 unspecified atom stereocenters. The molecular formula is C25H33N3O5S2. The number of benzene rings is 1. The molecule has 2 aromatic rings. The van der Waals surface area contributed by atoms with Crippen LogP contribution in [0.4, 0.5) is 5.00 Å². The molecule has 10 heteroatoms. The van der Waals surface area contributed by atoms with E-state index < -0.39 is 15.8 Å². The van der Waals surface area contributed by atoms with Gasteiger partial charge in [0.25, 0.3) is 0 Å². The van der Waals surface area contributed by atoms with Crippen molar-refractivity contribution in [3.63, 3.8) is 0 Å². The van der Waals surface area contributed by atoms with Crippen molar-refractivity contribution < 1.29 is 22.7 Å². The predicted octanol–water partition coefficient (Wildman–Crippen LogP) is 2.95. The average molecular weight is 520 g/mol. The SMILES string of the molecule is CCOC(=O)c1c(NC(=O)CN2CCN([C@@H]3CCS(=O)(=O)C3)CC2)sc(C)c1-c1ccc(C)cc1. The molecule has 0 aliphatic carbocycles. The van der Waals surface area contributed by atoms with Crippen LogP contribution in [0.25, 0.3) is 11.1 Å². The number of sulfone groups is 1. The van der Waals surface area contributed by atoms with Gasteiger partial charge in [0, 0.05) is 42.7 Å². The van der Waals surface area contributed by atoms with Crippen LogP contribution in [0.15, 0.2) is 24.3 Å². The van der Waals surface area contributed by atoms with Crippen LogP contribution in [0.2, 0.25) is 0 Å². The number of piperazine rings is 1. The maximum atomic E-state index is 12.9. The molecule has 35 heavy (non-hydrogen) atoms. The minimum Gasteiger partial charge on any atom is -0.462 e. The van der Waals surface area contributed by atoms with Gasteiger partial charge in [-0.25, -0.2) is 13.2 Å². The highest BCUT2D eigenvalue weighted by Crippen LogP contribution is 2.40. The average Bonchev–Trinajstić information content (AvgIpc) is 3.33. The van der Waals surface area contributed by atoms with E-state index in [9.17, 15) is 18.0 Å². The van der Waals surface area contributed by atoms with Crippen LogP contribution in [-0.2, 0) is 19.4 Å². The lowest BCUT2D eigenvalue weighted by Gasteiger charge is -2.37. The van der Waals surface area contributed by atoms with E-state index in [0.29, 0.717) is 30.1 Å². The Kier molecular flexibility index (Phi) is 7.95. The first-order chi connectivity index (χ1) is 16.7. The molecule has 4 rings (SSSR count). The number of esters is 1. The third-order valence-corrected chi connectivity index (χ3v) is 9.43. The highest BCUT2D eigenvalue weighted by atomic mass is 32.2. The van der Waals surface area contributed by atoms with Crippen molar-refractivity contribution in [3.8, 4) is 11.1 Å². The lowest BCUT2D eigenvalue weighted by molar-refractivity contribution is -0.117. The Morgan fingerprint density at radius 1 is 1.11 bits per heavy atom. The topological polar surface area (TPSA) is 96.0 Å². The van der Waals surface area contributed by atoms with Gasteiger partial charge >= 0.3 is 5.97 Å². The molecular weight excluding hydrogens is 486 g/mol. The molecule has 1 aromatic carbocycles. The van der Waals surface area contributed by atoms with Crippen molar-refractivity contribution in [2.45, 2.75) is 33.2 Å². The van der Waals surface area contributed by atoms with Crippen molar-refractivity contribution in [2.75, 3.05) is 56.2 Å². The second-order valence-corrected chi connectivity index (χ2v) is 12.7. The molecule has 2 saturated heterocycles. The third-order valence-electron chi connectivity index (χ3n) is 6.66. The van der Waals surface area contributed by atoms with Crippen LogP contribution < -0.4 is 5.32 Å². The van der Waals surface area contributed by atoms with E-state index in [2.05, 4.69) is 15.1 Å². The normalized spacial score (nSPS) is 20.6. The van der Waals surface area contributed by atoms with Gasteiger partial charge in [0.05, 0.1) is 24.7 Å². The number of hydrogen-bond acceptors (Lipinski definition) is 8. The van der Waals surface area contributed by atoms with Gasteiger partial charge in [-0.05, 0) is 32.8 Å². The summed E-state index contributed by atoms with van der Waals surface area (Å²) in [6.45, 7) is 9.09. The Morgan fingerprint density at radius 2 is 1.80 bits per heavy atom. The summed E-state index contributed by atoms with van der Waals surface area (Å²) in [5.41, 5.74) is 3.24. The maximum absolute atomic E-state index is 12.9. The van der Waals surface area contributed by atoms with Crippen LogP contribution >= 0.6 is 11.3 Å². The molecule has 0 radical (unpaired) electrons. The Morgan fingerprint density at radius 3 is 2.40 bits per heavy atom. The first-order valence-corrected chi connectivity index (χ1v) is 14.6. The quantitative estimate of drug-likeness (QED) is 0.562. The molecule has 2 fully saturated rings. The van der Waals surface area contributed by atoms with Crippen molar-refractivity contribution >= 4 is 38.1 Å². The van der Waals surface area contributed by atoms with Gasteiger partial charge in [0.2, 0.25) is 5.91 Å². The fraction of sp³-hybridized carbons (Fsp3) is 0.520. The number of anilines is 1. The molecule has 1 atom stereocenters. The number of carbonyl (C=O) groups is 2. The first kappa shape index (κ1) is 25.8. The van der Waals surface area contributed by atoms with E-state index in [1.807, 2.05) is 38.1 Å². The van der Waals surface area contributed by atoms with Crippen LogP contribution in [0.5, 0.6) is 0 Å². The van der Waals surface area contributed by atoms with E-state index in [-0.39, 0.29) is 36.6 Å². The van der Waals surface area contributed by atoms with Crippen LogP contribution in [-0.4, -0.2) is 87.0 Å². The zero-order chi connectivity index (χ0) is 25.2. The van der Waals surface area contributed by atoms with Gasteiger partial charge in [-0.2, -0.15) is 0 Å². The number of rotatable bonds is 7. The molecule has 2 aliphatic heterocycles. The number of amides is 1. The standard InChI is InChI=1S/C25H33N3O5S2/c1-4-33-25(30)23-22(19-7-5-17(2)6-8-19)18(3)34-24(23)26-21(29)15-27-10-12-28(13-11-27)20-9-14-35(31,32)16-20/h5-8,20H,4,9-16H2,1-3H3,(H,26,29)/t20-/m1/s1. The second-order valence-electron chi connectivity index (χ2n) is 9.24. The van der Waals surface area contributed by atoms with Crippen molar-refractivity contribution in [1.82, 2.24) is 9.80 Å². The molecule has 8 nitrogen and oxygen atoms in total. The fourth-order valence-corrected chi connectivity index (χ4v) is 7.66. The van der Waals surface area contributed by atoms with E-state index in [4.69, 9.17) is 4.74 Å². The summed E-state index contributed by atoms with van der Waals surface area (Å²) >= 11 is 1.39. The predicted molar refractivity (Wildman–Crippen MR) is 139 cm³/mol. The number of nitrogens with one attached hydrogen (secondary N) is 1. The number of ether oxygens (including phenoxy) is 1. The molecule has 1 amide bonds. The van der Waals surface area contributed by atoms with Crippen molar-refractivity contribution in [1.29, 1.82) is 0 Å². The van der Waals surface area contributed by atoms with Gasteiger partial charge < -0.3 is 10.1 Å². The smallest absolute Gasteiger partial charge is 0.341 e. The van der Waals surface area contributed by atoms with Crippen LogP contribution in [0.3, 0.4) is 0 Å². The molecule has 190 valence electrons. The summed E-state index contributed by atoms with van der Waals surface area (Å²) < 4.78 is 28.9. The first-order valence-electron chi connectivity index (χ1n) is 12.0. The second kappa shape index (κ2) is 10.8. The summed E-state index contributed by atoms with van der Waals surface area (Å²) in [6.07, 6.45) is 0.695. The van der Waals surface area contributed by atoms with Gasteiger partial charge in [-0.15, -0.1) is 11.3 Å². The lowest BCUT2D eigenvalue weighted by Crippen LogP contribution is -2.52. The Hall–Kier alpha value is -2.27. The summed E-state index contributed by atoms with van der Waals surface area (Å²) in [5.74, 6) is -0.106. The third kappa shape index (κ3) is 6.11. The molecule has 0 saturated carbocycles. The Bertz CT molecular complexity index is 1180. The van der Waals surface area contributed by atoms with Crippen molar-refractivity contribution in [3.05, 3.63) is 40.3 Å². The highest BCUT2D eigenvalue weighted by molar-refractivity contribution is 7.91. The molecule has 0 bridgehead atoms. The fourth-order valence-electron chi connectivity index (χ4n) is 4.82. The maximum Gasteiger partial charge on any atom is 0.341 e. The van der Waals surface area contributed by atoms with E-state index in [0.717, 1.165) is 34.7 Å². The van der Waals surface area contributed by atoms with E-state index >= 15 is 0 Å². The summed E-state index contributed by atoms with van der Waals surface area (Å²) in [7, 11) is -2.91. The number of thiophene rings is 1. The van der Waals surface area contributed by atoms with Gasteiger partial charge in [0.1, 0.15) is 10.6 Å². The largest absolute Gasteiger partial charge is 0.462 e. The van der Waals surface area contributed by atoms with Gasteiger partial charge in [-0.1, -0.05) is 29.8 Å². The summed E-state index contributed by atoms with van der Waals surface area (Å²) in [6, 6.07) is 8.06. The number of hydrogen-bond donors (Lipinski definition) is 1. The summed E-state index contributed by atoms with van der Waals surface area (Å²) in [4.78, 5) is 31.1. The Balaban J connectivity index is 1.43. The van der Waals surface area contributed by atoms with Crippen molar-refractivity contribution in [2.24, 2.45) is 0 Å². The molecule has 1 aromatic heterocycles. The van der Waals surface area contributed by atoms with Gasteiger partial charge in [-0.3, -0.25) is 14.6 Å². The van der Waals surface area contributed by atoms with Crippen LogP contribution in [0.1, 0.15) is 34.1 Å². The van der Waals surface area contributed by atoms with Gasteiger partial charge in [0.15, 0.2) is 9.84 Å². The highest BCUT2D eigenvalue weighted by Gasteiger charge is 2.34. The lowest BCUT2D eigenvalue weighted by atomic mass is 10.0. The van der Waals surface area contributed by atoms with E-state index in [1.165, 1.54) is 11.3 Å². The zero-order valence-corrected chi connectivity index (χ0v) is 22.1. The minimum atomic E-state index is -2.91. The monoisotopic (exact) mass is 519 g/mol. The number of nitrogens with zero attached hydrogens (tertiary/aromatic N) is 2. The number of aryl methyl sites for hydroxylation is 2. The van der Waals surface area contributed by atoms with E-state index in [1.54, 1.807) is 6.92 Å². The molecule has 1 N–H and O–H groups in total. The zero-order valence-electron chi connectivity index (χ0n) is 20.5. The Labute approximate surface area is 211 Å². The summed E-state index contributed by atoms with van der Waals surface area (Å²) in [5, 5.41) is 3.47. The number of carbonyl (C=O) groups excluding carboxylic acids is 2. The molecule has 3 heterocycles. The van der Waals surface area contributed by atoms with Crippen LogP contribution in [0, 0.1) is 13.8 Å². The molecule has 2 aliphatic rings. The molecule has 0 spiro atoms.